The van der Waals surface area contributed by atoms with Gasteiger partial charge in [-0.05, 0) is 44.9 Å². The molecule has 1 unspecified atom stereocenters. The first kappa shape index (κ1) is 16.7. The molecule has 1 atom stereocenters. The van der Waals surface area contributed by atoms with Gasteiger partial charge in [-0.2, -0.15) is 0 Å². The molecule has 1 aromatic carbocycles. The Hall–Kier alpha value is -0.690. The molecule has 21 heavy (non-hydrogen) atoms. The van der Waals surface area contributed by atoms with Gasteiger partial charge in [0.25, 0.3) is 0 Å². The van der Waals surface area contributed by atoms with Crippen LogP contribution >= 0.6 is 11.6 Å². The number of nitrogens with one attached hydrogen (secondary N) is 2. The molecule has 1 saturated carbocycles. The van der Waals surface area contributed by atoms with Crippen LogP contribution in [0.5, 0.6) is 0 Å². The zero-order chi connectivity index (χ0) is 15.6. The van der Waals surface area contributed by atoms with E-state index in [1.54, 1.807) is 7.05 Å². The molecule has 1 fully saturated rings. The minimum absolute atomic E-state index is 0.199. The third kappa shape index (κ3) is 3.74. The highest BCUT2D eigenvalue weighted by molar-refractivity contribution is 7.89. The summed E-state index contributed by atoms with van der Waals surface area (Å²) in [4.78, 5) is -0.383. The van der Waals surface area contributed by atoms with Crippen molar-refractivity contribution in [3.8, 4) is 0 Å². The summed E-state index contributed by atoms with van der Waals surface area (Å²) in [6, 6.07) is 2.39. The Morgan fingerprint density at radius 1 is 1.43 bits per heavy atom. The van der Waals surface area contributed by atoms with Crippen LogP contribution in [0.4, 0.5) is 4.39 Å². The van der Waals surface area contributed by atoms with Crippen molar-refractivity contribution in [3.63, 3.8) is 0 Å². The maximum Gasteiger partial charge on any atom is 0.243 e. The van der Waals surface area contributed by atoms with Crippen molar-refractivity contribution in [1.29, 1.82) is 0 Å². The molecule has 0 aliphatic heterocycles. The smallest absolute Gasteiger partial charge is 0.243 e. The van der Waals surface area contributed by atoms with Crippen LogP contribution in [0.3, 0.4) is 0 Å². The second-order valence-electron chi connectivity index (χ2n) is 5.51. The second kappa shape index (κ2) is 6.60. The van der Waals surface area contributed by atoms with Crippen LogP contribution < -0.4 is 10.0 Å². The van der Waals surface area contributed by atoms with Crippen molar-refractivity contribution in [2.75, 3.05) is 7.05 Å². The van der Waals surface area contributed by atoms with E-state index in [-0.39, 0.29) is 28.1 Å². The molecule has 4 nitrogen and oxygen atoms in total. The quantitative estimate of drug-likeness (QED) is 0.841. The average Bonchev–Trinajstić information content (AvgIpc) is 2.30. The van der Waals surface area contributed by atoms with Gasteiger partial charge in [0.05, 0.1) is 0 Å². The summed E-state index contributed by atoms with van der Waals surface area (Å²) in [6.45, 7) is 2.03. The fourth-order valence-electron chi connectivity index (χ4n) is 2.48. The van der Waals surface area contributed by atoms with E-state index in [4.69, 9.17) is 11.6 Å². The lowest BCUT2D eigenvalue weighted by Crippen LogP contribution is -2.41. The Kier molecular flexibility index (Phi) is 5.24. The van der Waals surface area contributed by atoms with Crippen molar-refractivity contribution < 1.29 is 12.8 Å². The number of sulfonamides is 1. The SMILES string of the molecule is CNCc1cc(Cl)cc(S(=O)(=O)NC(C)C2CCC2)c1F. The Bertz CT molecular complexity index is 618. The van der Waals surface area contributed by atoms with Gasteiger partial charge < -0.3 is 5.32 Å². The molecule has 0 bridgehead atoms. The molecule has 0 saturated heterocycles. The molecular weight excluding hydrogens is 315 g/mol. The normalized spacial score (nSPS) is 17.5. The van der Waals surface area contributed by atoms with Crippen LogP contribution in [0, 0.1) is 11.7 Å². The van der Waals surface area contributed by atoms with Gasteiger partial charge in [0, 0.05) is 23.2 Å². The lowest BCUT2D eigenvalue weighted by molar-refractivity contribution is 0.260. The molecule has 1 aliphatic carbocycles. The monoisotopic (exact) mass is 334 g/mol. The maximum absolute atomic E-state index is 14.4. The fraction of sp³-hybridized carbons (Fsp3) is 0.571. The summed E-state index contributed by atoms with van der Waals surface area (Å²) in [6.07, 6.45) is 3.13. The van der Waals surface area contributed by atoms with E-state index in [0.717, 1.165) is 25.3 Å². The van der Waals surface area contributed by atoms with Gasteiger partial charge >= 0.3 is 0 Å². The van der Waals surface area contributed by atoms with E-state index in [2.05, 4.69) is 10.0 Å². The number of rotatable bonds is 6. The molecule has 0 spiro atoms. The van der Waals surface area contributed by atoms with Crippen molar-refractivity contribution in [1.82, 2.24) is 10.0 Å². The van der Waals surface area contributed by atoms with E-state index in [0.29, 0.717) is 5.92 Å². The third-order valence-electron chi connectivity index (χ3n) is 3.93. The van der Waals surface area contributed by atoms with E-state index in [1.807, 2.05) is 6.92 Å². The molecule has 2 rings (SSSR count). The third-order valence-corrected chi connectivity index (χ3v) is 5.71. The van der Waals surface area contributed by atoms with Crippen LogP contribution in [0.2, 0.25) is 5.02 Å². The molecule has 0 heterocycles. The summed E-state index contributed by atoms with van der Waals surface area (Å²) in [5, 5.41) is 3.00. The van der Waals surface area contributed by atoms with Gasteiger partial charge in [-0.25, -0.2) is 17.5 Å². The molecule has 0 radical (unpaired) electrons. The van der Waals surface area contributed by atoms with Crippen molar-refractivity contribution in [2.24, 2.45) is 5.92 Å². The highest BCUT2D eigenvalue weighted by Gasteiger charge is 2.30. The minimum Gasteiger partial charge on any atom is -0.316 e. The molecule has 0 amide bonds. The van der Waals surface area contributed by atoms with Gasteiger partial charge in [0.2, 0.25) is 10.0 Å². The highest BCUT2D eigenvalue weighted by atomic mass is 35.5. The van der Waals surface area contributed by atoms with Crippen LogP contribution in [0.15, 0.2) is 17.0 Å². The van der Waals surface area contributed by atoms with Crippen LogP contribution in [0.25, 0.3) is 0 Å². The molecule has 118 valence electrons. The first-order valence-corrected chi connectivity index (χ1v) is 8.86. The lowest BCUT2D eigenvalue weighted by atomic mass is 9.81. The largest absolute Gasteiger partial charge is 0.316 e. The van der Waals surface area contributed by atoms with Crippen molar-refractivity contribution in [2.45, 2.75) is 43.7 Å². The fourth-order valence-corrected chi connectivity index (χ4v) is 4.24. The average molecular weight is 335 g/mol. The predicted octanol–water partition coefficient (Wildman–Crippen LogP) is 2.67. The standard InChI is InChI=1S/C14H20ClFN2O2S/c1-9(10-4-3-5-10)18-21(19,20)13-7-12(15)6-11(8-17-2)14(13)16/h6-7,9-10,17-18H,3-5,8H2,1-2H3. The molecular formula is C14H20ClFN2O2S. The first-order valence-electron chi connectivity index (χ1n) is 7.00. The topological polar surface area (TPSA) is 58.2 Å². The first-order chi connectivity index (χ1) is 9.85. The summed E-state index contributed by atoms with van der Waals surface area (Å²) in [5.74, 6) is -0.416. The Morgan fingerprint density at radius 3 is 2.62 bits per heavy atom. The van der Waals surface area contributed by atoms with E-state index < -0.39 is 15.8 Å². The summed E-state index contributed by atoms with van der Waals surface area (Å²) in [5.41, 5.74) is 0.238. The van der Waals surface area contributed by atoms with Crippen molar-refractivity contribution >= 4 is 21.6 Å². The number of halogens is 2. The minimum atomic E-state index is -3.91. The van der Waals surface area contributed by atoms with E-state index in [9.17, 15) is 12.8 Å². The van der Waals surface area contributed by atoms with Gasteiger partial charge in [0.1, 0.15) is 10.7 Å². The lowest BCUT2D eigenvalue weighted by Gasteiger charge is -2.31. The maximum atomic E-state index is 14.4. The van der Waals surface area contributed by atoms with Crippen LogP contribution in [-0.4, -0.2) is 21.5 Å². The van der Waals surface area contributed by atoms with E-state index >= 15 is 0 Å². The Balaban J connectivity index is 2.30. The van der Waals surface area contributed by atoms with Crippen LogP contribution in [0.1, 0.15) is 31.7 Å². The molecule has 7 heteroatoms. The van der Waals surface area contributed by atoms with Gasteiger partial charge in [-0.3, -0.25) is 0 Å². The second-order valence-corrected chi connectivity index (χ2v) is 7.63. The van der Waals surface area contributed by atoms with E-state index in [1.165, 1.54) is 6.07 Å². The predicted molar refractivity (Wildman–Crippen MR) is 81.3 cm³/mol. The summed E-state index contributed by atoms with van der Waals surface area (Å²) in [7, 11) is -2.25. The Labute approximate surface area is 130 Å². The summed E-state index contributed by atoms with van der Waals surface area (Å²) < 4.78 is 41.7. The summed E-state index contributed by atoms with van der Waals surface area (Å²) >= 11 is 5.91. The zero-order valence-corrected chi connectivity index (χ0v) is 13.7. The van der Waals surface area contributed by atoms with Crippen molar-refractivity contribution in [3.05, 3.63) is 28.5 Å². The van der Waals surface area contributed by atoms with Gasteiger partial charge in [0.15, 0.2) is 0 Å². The molecule has 1 aliphatic rings. The highest BCUT2D eigenvalue weighted by Crippen LogP contribution is 2.31. The number of hydrogen-bond acceptors (Lipinski definition) is 3. The molecule has 1 aromatic rings. The molecule has 0 aromatic heterocycles. The van der Waals surface area contributed by atoms with Crippen LogP contribution in [-0.2, 0) is 16.6 Å². The molecule has 2 N–H and O–H groups in total. The zero-order valence-electron chi connectivity index (χ0n) is 12.1. The number of benzene rings is 1. The number of hydrogen-bond donors (Lipinski definition) is 2. The van der Waals surface area contributed by atoms with Gasteiger partial charge in [-0.15, -0.1) is 0 Å². The Morgan fingerprint density at radius 2 is 2.10 bits per heavy atom. The van der Waals surface area contributed by atoms with Gasteiger partial charge in [-0.1, -0.05) is 18.0 Å².